The van der Waals surface area contributed by atoms with Crippen LogP contribution in [-0.4, -0.2) is 63.5 Å². The van der Waals surface area contributed by atoms with Gasteiger partial charge in [-0.3, -0.25) is 19.4 Å². The van der Waals surface area contributed by atoms with Gasteiger partial charge in [0.1, 0.15) is 6.04 Å². The molecule has 0 spiro atoms. The Kier molecular flexibility index (Phi) is 10.5. The van der Waals surface area contributed by atoms with Crippen molar-refractivity contribution in [3.8, 4) is 0 Å². The number of aromatic nitrogens is 2. The number of hydrogen-bond donors (Lipinski definition) is 2. The van der Waals surface area contributed by atoms with E-state index in [1.165, 1.54) is 6.08 Å². The lowest BCUT2D eigenvalue weighted by atomic mass is 10.1. The summed E-state index contributed by atoms with van der Waals surface area (Å²) in [6.07, 6.45) is 8.33. The largest absolute Gasteiger partial charge is 0.345 e. The Hall–Kier alpha value is -3.69. The fourth-order valence-corrected chi connectivity index (χ4v) is 5.30. The highest BCUT2D eigenvalue weighted by atomic mass is 35.5. The van der Waals surface area contributed by atoms with E-state index in [0.29, 0.717) is 29.1 Å². The van der Waals surface area contributed by atoms with E-state index >= 15 is 0 Å². The molecule has 8 nitrogen and oxygen atoms in total. The minimum Gasteiger partial charge on any atom is -0.345 e. The molecule has 0 aliphatic carbocycles. The zero-order valence-electron chi connectivity index (χ0n) is 21.3. The molecule has 0 saturated carbocycles. The van der Waals surface area contributed by atoms with E-state index in [0.717, 1.165) is 23.4 Å². The third kappa shape index (κ3) is 9.23. The van der Waals surface area contributed by atoms with Gasteiger partial charge in [0.05, 0.1) is 11.6 Å². The maximum atomic E-state index is 13.1. The number of hydrogen-bond acceptors (Lipinski definition) is 6. The summed E-state index contributed by atoms with van der Waals surface area (Å²) in [6, 6.07) is 17.4. The van der Waals surface area contributed by atoms with E-state index in [9.17, 15) is 14.4 Å². The monoisotopic (exact) mass is 563 g/mol. The van der Waals surface area contributed by atoms with Crippen LogP contribution in [-0.2, 0) is 20.8 Å². The number of amides is 3. The number of benzene rings is 1. The quantitative estimate of drug-likeness (QED) is 0.364. The highest BCUT2D eigenvalue weighted by Gasteiger charge is 2.26. The summed E-state index contributed by atoms with van der Waals surface area (Å²) in [4.78, 5) is 48.9. The number of halogens is 1. The summed E-state index contributed by atoms with van der Waals surface area (Å²) >= 11 is 7.64. The molecular weight excluding hydrogens is 534 g/mol. The molecule has 0 radical (unpaired) electrons. The molecule has 0 bridgehead atoms. The summed E-state index contributed by atoms with van der Waals surface area (Å²) in [7, 11) is 0. The minimum atomic E-state index is -0.893. The Balaban J connectivity index is 1.29. The molecule has 1 aromatic carbocycles. The molecule has 1 aliphatic rings. The second-order valence-electron chi connectivity index (χ2n) is 9.06. The highest BCUT2D eigenvalue weighted by Crippen LogP contribution is 2.28. The molecule has 2 N–H and O–H groups in total. The van der Waals surface area contributed by atoms with Crippen LogP contribution >= 0.6 is 23.4 Å². The van der Waals surface area contributed by atoms with Gasteiger partial charge >= 0.3 is 0 Å². The lowest BCUT2D eigenvalue weighted by Crippen LogP contribution is -2.51. The smallest absolute Gasteiger partial charge is 0.244 e. The van der Waals surface area contributed by atoms with Crippen LogP contribution in [0.2, 0.25) is 5.02 Å². The van der Waals surface area contributed by atoms with Gasteiger partial charge in [-0.2, -0.15) is 0 Å². The average molecular weight is 564 g/mol. The molecule has 4 rings (SSSR count). The Morgan fingerprint density at radius 3 is 2.38 bits per heavy atom. The number of nitrogens with one attached hydrogen (secondary N) is 2. The average Bonchev–Trinajstić information content (AvgIpc) is 2.96. The first-order valence-electron chi connectivity index (χ1n) is 12.7. The molecular formula is C29H30ClN5O3S. The minimum absolute atomic E-state index is 0.133. The Labute approximate surface area is 237 Å². The molecule has 3 amide bonds. The van der Waals surface area contributed by atoms with Gasteiger partial charge in [0.2, 0.25) is 17.7 Å². The fourth-order valence-electron chi connectivity index (χ4n) is 4.11. The second-order valence-corrected chi connectivity index (χ2v) is 10.8. The third-order valence-electron chi connectivity index (χ3n) is 6.20. The number of pyridine rings is 2. The summed E-state index contributed by atoms with van der Waals surface area (Å²) in [5.74, 6) is -1.02. The number of carbonyl (C=O) groups is 3. The first-order valence-corrected chi connectivity index (χ1v) is 14.0. The van der Waals surface area contributed by atoms with Gasteiger partial charge in [-0.1, -0.05) is 35.9 Å². The molecule has 1 atom stereocenters. The number of carbonyl (C=O) groups excluding carboxylic acids is 3. The van der Waals surface area contributed by atoms with Crippen LogP contribution in [0, 0.1) is 0 Å². The SMILES string of the molecule is O=C(/C=C/c1ccc(Cl)cc1)NC(Cc1ccccn1)C(=O)NCC(=O)N1CCC(Sc2ccccn2)CC1. The summed E-state index contributed by atoms with van der Waals surface area (Å²) in [5, 5.41) is 7.44. The van der Waals surface area contributed by atoms with Gasteiger partial charge in [0.15, 0.2) is 0 Å². The van der Waals surface area contributed by atoms with Crippen LogP contribution in [0.4, 0.5) is 0 Å². The maximum Gasteiger partial charge on any atom is 0.244 e. The lowest BCUT2D eigenvalue weighted by molar-refractivity contribution is -0.134. The van der Waals surface area contributed by atoms with Crippen LogP contribution in [0.25, 0.3) is 6.08 Å². The topological polar surface area (TPSA) is 104 Å². The van der Waals surface area contributed by atoms with Crippen molar-refractivity contribution in [1.29, 1.82) is 0 Å². The Bertz CT molecular complexity index is 1270. The van der Waals surface area contributed by atoms with Crippen molar-refractivity contribution in [2.75, 3.05) is 19.6 Å². The van der Waals surface area contributed by atoms with Gasteiger partial charge in [-0.05, 0) is 60.9 Å². The van der Waals surface area contributed by atoms with Crippen molar-refractivity contribution in [1.82, 2.24) is 25.5 Å². The Morgan fingerprint density at radius 2 is 1.72 bits per heavy atom. The third-order valence-corrected chi connectivity index (χ3v) is 7.74. The van der Waals surface area contributed by atoms with Gasteiger partial charge < -0.3 is 15.5 Å². The van der Waals surface area contributed by atoms with E-state index in [-0.39, 0.29) is 18.9 Å². The number of rotatable bonds is 10. The van der Waals surface area contributed by atoms with Crippen molar-refractivity contribution in [3.05, 3.63) is 95.4 Å². The normalized spacial score (nSPS) is 14.6. The standard InChI is InChI=1S/C29H30ClN5O3S/c30-22-10-7-21(8-11-22)9-12-26(36)34-25(19-23-5-1-3-15-31-23)29(38)33-20-28(37)35-17-13-24(14-18-35)39-27-6-2-4-16-32-27/h1-12,15-16,24-25H,13-14,17-20H2,(H,33,38)(H,34,36)/b12-9+. The Morgan fingerprint density at radius 1 is 1.00 bits per heavy atom. The first kappa shape index (κ1) is 28.3. The molecule has 3 heterocycles. The molecule has 10 heteroatoms. The van der Waals surface area contributed by atoms with Gasteiger partial charge in [-0.25, -0.2) is 4.98 Å². The summed E-state index contributed by atoms with van der Waals surface area (Å²) in [6.45, 7) is 1.12. The van der Waals surface area contributed by atoms with E-state index in [4.69, 9.17) is 11.6 Å². The molecule has 1 unspecified atom stereocenters. The van der Waals surface area contributed by atoms with Gasteiger partial charge in [0, 0.05) is 53.9 Å². The van der Waals surface area contributed by atoms with E-state index in [1.54, 1.807) is 71.5 Å². The van der Waals surface area contributed by atoms with Crippen molar-refractivity contribution in [3.63, 3.8) is 0 Å². The van der Waals surface area contributed by atoms with Crippen molar-refractivity contribution < 1.29 is 14.4 Å². The number of thioether (sulfide) groups is 1. The van der Waals surface area contributed by atoms with Crippen LogP contribution in [0.5, 0.6) is 0 Å². The molecule has 2 aromatic heterocycles. The lowest BCUT2D eigenvalue weighted by Gasteiger charge is -2.31. The maximum absolute atomic E-state index is 13.1. The zero-order valence-corrected chi connectivity index (χ0v) is 22.9. The van der Waals surface area contributed by atoms with Gasteiger partial charge in [-0.15, -0.1) is 11.8 Å². The summed E-state index contributed by atoms with van der Waals surface area (Å²) < 4.78 is 0. The molecule has 1 fully saturated rings. The van der Waals surface area contributed by atoms with Crippen LogP contribution in [0.15, 0.2) is 84.2 Å². The fraction of sp³-hybridized carbons (Fsp3) is 0.276. The zero-order chi connectivity index (χ0) is 27.5. The first-order chi connectivity index (χ1) is 19.0. The highest BCUT2D eigenvalue weighted by molar-refractivity contribution is 7.99. The van der Waals surface area contributed by atoms with Crippen molar-refractivity contribution in [2.45, 2.75) is 35.6 Å². The van der Waals surface area contributed by atoms with Crippen LogP contribution in [0.3, 0.4) is 0 Å². The molecule has 3 aromatic rings. The number of piperidine rings is 1. The molecule has 1 aliphatic heterocycles. The second kappa shape index (κ2) is 14.5. The molecule has 39 heavy (non-hydrogen) atoms. The van der Waals surface area contributed by atoms with Crippen LogP contribution in [0.1, 0.15) is 24.1 Å². The predicted octanol–water partition coefficient (Wildman–Crippen LogP) is 3.77. The predicted molar refractivity (Wildman–Crippen MR) is 153 cm³/mol. The van der Waals surface area contributed by atoms with Crippen molar-refractivity contribution >= 4 is 47.2 Å². The van der Waals surface area contributed by atoms with Crippen molar-refractivity contribution in [2.24, 2.45) is 0 Å². The number of nitrogens with zero attached hydrogens (tertiary/aromatic N) is 3. The van der Waals surface area contributed by atoms with E-state index < -0.39 is 17.9 Å². The van der Waals surface area contributed by atoms with E-state index in [2.05, 4.69) is 20.6 Å². The summed E-state index contributed by atoms with van der Waals surface area (Å²) in [5.41, 5.74) is 1.45. The number of likely N-dealkylation sites (tertiary alicyclic amines) is 1. The molecule has 1 saturated heterocycles. The van der Waals surface area contributed by atoms with Gasteiger partial charge in [0.25, 0.3) is 0 Å². The van der Waals surface area contributed by atoms with E-state index in [1.807, 2.05) is 24.3 Å². The van der Waals surface area contributed by atoms with Crippen LogP contribution < -0.4 is 10.6 Å². The molecule has 202 valence electrons.